The largest absolute Gasteiger partial charge is 0.385 e. The van der Waals surface area contributed by atoms with Crippen molar-refractivity contribution in [2.45, 2.75) is 6.42 Å². The number of carbonyl (C=O) groups excluding carboxylic acids is 1. The maximum absolute atomic E-state index is 11.1. The Bertz CT molecular complexity index is 586. The number of nitrogens with zero attached hydrogens (tertiary/aromatic N) is 2. The average molecular weight is 284 g/mol. The fraction of sp³-hybridized carbons (Fsp3) is 0.250. The normalized spacial score (nSPS) is 10.1. The third kappa shape index (κ3) is 4.49. The number of nitrogens with one attached hydrogen (secondary N) is 1. The summed E-state index contributed by atoms with van der Waals surface area (Å²) in [6, 6.07) is 13.8. The van der Waals surface area contributed by atoms with Gasteiger partial charge in [0.2, 0.25) is 0 Å². The van der Waals surface area contributed by atoms with E-state index in [0.717, 1.165) is 25.2 Å². The zero-order valence-electron chi connectivity index (χ0n) is 12.1. The minimum atomic E-state index is -0.512. The monoisotopic (exact) mass is 284 g/mol. The Morgan fingerprint density at radius 1 is 1.29 bits per heavy atom. The molecule has 0 saturated heterocycles. The van der Waals surface area contributed by atoms with Gasteiger partial charge in [-0.25, -0.2) is 0 Å². The van der Waals surface area contributed by atoms with E-state index in [0.29, 0.717) is 0 Å². The van der Waals surface area contributed by atoms with Crippen LogP contribution < -0.4 is 16.0 Å². The highest BCUT2D eigenvalue weighted by atomic mass is 16.1. The molecule has 110 valence electrons. The molecule has 1 aromatic heterocycles. The van der Waals surface area contributed by atoms with Crippen LogP contribution in [0.3, 0.4) is 0 Å². The Morgan fingerprint density at radius 3 is 2.76 bits per heavy atom. The smallest absolute Gasteiger partial charge is 0.267 e. The van der Waals surface area contributed by atoms with Crippen molar-refractivity contribution >= 4 is 17.3 Å². The van der Waals surface area contributed by atoms with E-state index in [4.69, 9.17) is 5.73 Å². The molecule has 21 heavy (non-hydrogen) atoms. The average Bonchev–Trinajstić information content (AvgIpc) is 2.52. The molecule has 1 amide bonds. The van der Waals surface area contributed by atoms with Gasteiger partial charge >= 0.3 is 0 Å². The van der Waals surface area contributed by atoms with Crippen molar-refractivity contribution in [1.82, 2.24) is 4.98 Å². The van der Waals surface area contributed by atoms with Gasteiger partial charge in [-0.05, 0) is 30.7 Å². The molecule has 0 aliphatic heterocycles. The summed E-state index contributed by atoms with van der Waals surface area (Å²) in [7, 11) is 2.08. The van der Waals surface area contributed by atoms with Crippen molar-refractivity contribution < 1.29 is 4.79 Å². The molecule has 2 aromatic rings. The maximum atomic E-state index is 11.1. The van der Waals surface area contributed by atoms with Crippen LogP contribution in [0.5, 0.6) is 0 Å². The number of carbonyl (C=O) groups is 1. The van der Waals surface area contributed by atoms with Gasteiger partial charge in [-0.3, -0.25) is 9.78 Å². The van der Waals surface area contributed by atoms with E-state index in [2.05, 4.69) is 34.4 Å². The fourth-order valence-corrected chi connectivity index (χ4v) is 2.04. The number of benzene rings is 1. The number of amides is 1. The number of primary amides is 1. The molecular weight excluding hydrogens is 264 g/mol. The number of rotatable bonds is 7. The van der Waals surface area contributed by atoms with E-state index in [1.165, 1.54) is 5.69 Å². The van der Waals surface area contributed by atoms with Crippen LogP contribution in [0.25, 0.3) is 0 Å². The van der Waals surface area contributed by atoms with Gasteiger partial charge in [0, 0.05) is 37.7 Å². The Balaban J connectivity index is 1.77. The Kier molecular flexibility index (Phi) is 5.15. The Labute approximate surface area is 124 Å². The van der Waals surface area contributed by atoms with Crippen LogP contribution in [0.4, 0.5) is 11.4 Å². The predicted molar refractivity (Wildman–Crippen MR) is 85.6 cm³/mol. The molecular formula is C16H20N4O. The van der Waals surface area contributed by atoms with E-state index < -0.39 is 5.91 Å². The summed E-state index contributed by atoms with van der Waals surface area (Å²) < 4.78 is 0. The first-order valence-electron chi connectivity index (χ1n) is 6.93. The molecule has 5 heteroatoms. The van der Waals surface area contributed by atoms with Gasteiger partial charge in [0.15, 0.2) is 0 Å². The number of hydrogen-bond donors (Lipinski definition) is 2. The molecule has 0 spiro atoms. The van der Waals surface area contributed by atoms with Crippen LogP contribution in [-0.4, -0.2) is 31.0 Å². The number of nitrogens with two attached hydrogens (primary N) is 1. The number of anilines is 2. The second-order valence-electron chi connectivity index (χ2n) is 4.83. The molecule has 2 rings (SSSR count). The molecule has 0 aliphatic carbocycles. The van der Waals surface area contributed by atoms with E-state index in [-0.39, 0.29) is 5.69 Å². The summed E-state index contributed by atoms with van der Waals surface area (Å²) in [4.78, 5) is 17.2. The van der Waals surface area contributed by atoms with Gasteiger partial charge in [0.1, 0.15) is 5.69 Å². The van der Waals surface area contributed by atoms with Crippen molar-refractivity contribution in [2.75, 3.05) is 30.4 Å². The SMILES string of the molecule is CN(CCCNc1ccnc(C(N)=O)c1)c1ccccc1. The highest BCUT2D eigenvalue weighted by Gasteiger charge is 2.03. The zero-order valence-corrected chi connectivity index (χ0v) is 12.1. The van der Waals surface area contributed by atoms with E-state index in [9.17, 15) is 4.79 Å². The van der Waals surface area contributed by atoms with Gasteiger partial charge in [-0.1, -0.05) is 18.2 Å². The van der Waals surface area contributed by atoms with Crippen molar-refractivity contribution in [1.29, 1.82) is 0 Å². The summed E-state index contributed by atoms with van der Waals surface area (Å²) in [6.45, 7) is 1.77. The summed E-state index contributed by atoms with van der Waals surface area (Å²) >= 11 is 0. The van der Waals surface area contributed by atoms with E-state index in [1.807, 2.05) is 24.3 Å². The maximum Gasteiger partial charge on any atom is 0.267 e. The second-order valence-corrected chi connectivity index (χ2v) is 4.83. The summed E-state index contributed by atoms with van der Waals surface area (Å²) in [5.74, 6) is -0.512. The van der Waals surface area contributed by atoms with Gasteiger partial charge in [0.25, 0.3) is 5.91 Å². The summed E-state index contributed by atoms with van der Waals surface area (Å²) in [5, 5.41) is 3.27. The highest BCUT2D eigenvalue weighted by molar-refractivity contribution is 5.91. The van der Waals surface area contributed by atoms with Gasteiger partial charge in [-0.15, -0.1) is 0 Å². The molecule has 0 bridgehead atoms. The topological polar surface area (TPSA) is 71.2 Å². The molecule has 0 fully saturated rings. The second kappa shape index (κ2) is 7.28. The molecule has 1 aromatic carbocycles. The van der Waals surface area contributed by atoms with Crippen LogP contribution in [0.15, 0.2) is 48.7 Å². The van der Waals surface area contributed by atoms with Crippen molar-refractivity contribution in [3.8, 4) is 0 Å². The van der Waals surface area contributed by atoms with Gasteiger partial charge in [-0.2, -0.15) is 0 Å². The number of para-hydroxylation sites is 1. The summed E-state index contributed by atoms with van der Waals surface area (Å²) in [5.41, 5.74) is 7.55. The fourth-order valence-electron chi connectivity index (χ4n) is 2.04. The highest BCUT2D eigenvalue weighted by Crippen LogP contribution is 2.11. The quantitative estimate of drug-likeness (QED) is 0.764. The molecule has 0 aliphatic rings. The molecule has 1 heterocycles. The van der Waals surface area contributed by atoms with Crippen molar-refractivity contribution in [3.63, 3.8) is 0 Å². The van der Waals surface area contributed by atoms with Crippen LogP contribution in [0.2, 0.25) is 0 Å². The number of hydrogen-bond acceptors (Lipinski definition) is 4. The Hall–Kier alpha value is -2.56. The molecule has 0 saturated carbocycles. The lowest BCUT2D eigenvalue weighted by atomic mass is 10.2. The van der Waals surface area contributed by atoms with Crippen LogP contribution in [0, 0.1) is 0 Å². The zero-order chi connectivity index (χ0) is 15.1. The molecule has 3 N–H and O–H groups in total. The first-order chi connectivity index (χ1) is 10.2. The molecule has 0 atom stereocenters. The molecule has 0 radical (unpaired) electrons. The van der Waals surface area contributed by atoms with Gasteiger partial charge < -0.3 is 16.0 Å². The minimum absolute atomic E-state index is 0.279. The lowest BCUT2D eigenvalue weighted by molar-refractivity contribution is 0.0995. The first-order valence-corrected chi connectivity index (χ1v) is 6.93. The number of aromatic nitrogens is 1. The number of pyridine rings is 1. The van der Waals surface area contributed by atoms with Crippen LogP contribution >= 0.6 is 0 Å². The third-order valence-corrected chi connectivity index (χ3v) is 3.21. The van der Waals surface area contributed by atoms with Crippen molar-refractivity contribution in [3.05, 3.63) is 54.4 Å². The van der Waals surface area contributed by atoms with E-state index >= 15 is 0 Å². The summed E-state index contributed by atoms with van der Waals surface area (Å²) in [6.07, 6.45) is 2.57. The molecule has 5 nitrogen and oxygen atoms in total. The first kappa shape index (κ1) is 14.8. The molecule has 0 unspecified atom stereocenters. The van der Waals surface area contributed by atoms with Crippen LogP contribution in [0.1, 0.15) is 16.9 Å². The Morgan fingerprint density at radius 2 is 2.05 bits per heavy atom. The van der Waals surface area contributed by atoms with Gasteiger partial charge in [0.05, 0.1) is 0 Å². The minimum Gasteiger partial charge on any atom is -0.385 e. The lowest BCUT2D eigenvalue weighted by Gasteiger charge is -2.19. The third-order valence-electron chi connectivity index (χ3n) is 3.21. The lowest BCUT2D eigenvalue weighted by Crippen LogP contribution is -2.20. The predicted octanol–water partition coefficient (Wildman–Crippen LogP) is 2.12. The standard InChI is InChI=1S/C16H20N4O/c1-20(14-6-3-2-4-7-14)11-5-9-18-13-8-10-19-15(12-13)16(17)21/h2-4,6-8,10,12H,5,9,11H2,1H3,(H2,17,21)(H,18,19). The van der Waals surface area contributed by atoms with Crippen LogP contribution in [-0.2, 0) is 0 Å². The van der Waals surface area contributed by atoms with E-state index in [1.54, 1.807) is 12.3 Å². The van der Waals surface area contributed by atoms with Crippen molar-refractivity contribution in [2.24, 2.45) is 5.73 Å².